The molecule has 0 aliphatic heterocycles. The lowest BCUT2D eigenvalue weighted by atomic mass is 10.2. The fourth-order valence-corrected chi connectivity index (χ4v) is 6.40. The van der Waals surface area contributed by atoms with Crippen LogP contribution in [0.5, 0.6) is 0 Å². The Hall–Kier alpha value is -2.66. The first-order valence-corrected chi connectivity index (χ1v) is 14.7. The van der Waals surface area contributed by atoms with Crippen molar-refractivity contribution in [1.82, 2.24) is 9.97 Å². The van der Waals surface area contributed by atoms with Gasteiger partial charge in [-0.15, -0.1) is 33.7 Å². The number of fused-ring (bicyclic) bond motifs is 2. The molecule has 0 N–H and O–H groups in total. The number of hydrogen-bond donors (Lipinski definition) is 0. The number of thioether (sulfide) groups is 2. The van der Waals surface area contributed by atoms with E-state index in [2.05, 4.69) is 30.4 Å². The third kappa shape index (κ3) is 6.92. The maximum atomic E-state index is 4.58. The van der Waals surface area contributed by atoms with Gasteiger partial charge in [0.2, 0.25) is 0 Å². The van der Waals surface area contributed by atoms with Crippen molar-refractivity contribution in [2.24, 2.45) is 20.4 Å². The molecular formula is C24H20N6S4. The molecule has 34 heavy (non-hydrogen) atoms. The molecule has 0 saturated heterocycles. The van der Waals surface area contributed by atoms with Crippen LogP contribution in [0.2, 0.25) is 0 Å². The van der Waals surface area contributed by atoms with Crippen LogP contribution in [0, 0.1) is 0 Å². The summed E-state index contributed by atoms with van der Waals surface area (Å²) in [6, 6.07) is 23.9. The second-order valence-corrected chi connectivity index (χ2v) is 10.9. The maximum absolute atomic E-state index is 4.58. The molecule has 170 valence electrons. The summed E-state index contributed by atoms with van der Waals surface area (Å²) in [5.41, 5.74) is 3.41. The zero-order valence-corrected chi connectivity index (χ0v) is 21.7. The van der Waals surface area contributed by atoms with Crippen LogP contribution in [-0.4, -0.2) is 43.7 Å². The van der Waals surface area contributed by atoms with Crippen molar-refractivity contribution >= 4 is 88.1 Å². The van der Waals surface area contributed by atoms with Gasteiger partial charge in [0, 0.05) is 10.8 Å². The highest BCUT2D eigenvalue weighted by Crippen LogP contribution is 2.32. The predicted molar refractivity (Wildman–Crippen MR) is 156 cm³/mol. The fraction of sp³-hybridized carbons (Fsp3) is 0.0833. The Morgan fingerprint density at radius 3 is 1.50 bits per heavy atom. The Morgan fingerprint density at radius 2 is 1.06 bits per heavy atom. The molecule has 0 unspecified atom stereocenters. The predicted octanol–water partition coefficient (Wildman–Crippen LogP) is 6.97. The molecule has 2 heterocycles. The lowest BCUT2D eigenvalue weighted by Crippen LogP contribution is -1.89. The monoisotopic (exact) mass is 520 g/mol. The van der Waals surface area contributed by atoms with Crippen molar-refractivity contribution in [1.29, 1.82) is 0 Å². The molecule has 0 radical (unpaired) electrons. The van der Waals surface area contributed by atoms with E-state index in [1.54, 1.807) is 12.4 Å². The number of benzene rings is 2. The van der Waals surface area contributed by atoms with E-state index in [0.717, 1.165) is 41.9 Å². The molecule has 4 aromatic rings. The van der Waals surface area contributed by atoms with Crippen molar-refractivity contribution in [3.05, 3.63) is 84.2 Å². The molecule has 0 fully saturated rings. The van der Waals surface area contributed by atoms with E-state index in [4.69, 9.17) is 0 Å². The van der Waals surface area contributed by atoms with Gasteiger partial charge in [-0.3, -0.25) is 0 Å². The van der Waals surface area contributed by atoms with Gasteiger partial charge >= 0.3 is 0 Å². The highest BCUT2D eigenvalue weighted by atomic mass is 33.1. The largest absolute Gasteiger partial charge is 0.247 e. The molecular weight excluding hydrogens is 501 g/mol. The summed E-state index contributed by atoms with van der Waals surface area (Å²) in [4.78, 5) is 9.16. The highest BCUT2D eigenvalue weighted by molar-refractivity contribution is 8.93. The van der Waals surface area contributed by atoms with Crippen LogP contribution in [0.4, 0.5) is 0 Å². The van der Waals surface area contributed by atoms with E-state index in [-0.39, 0.29) is 0 Å². The average Bonchev–Trinajstić information content (AvgIpc) is 2.89. The Kier molecular flexibility index (Phi) is 9.14. The van der Waals surface area contributed by atoms with Crippen LogP contribution >= 0.6 is 45.1 Å². The first-order valence-electron chi connectivity index (χ1n) is 10.1. The SMILES string of the molecule is CS/C(=N/N=C/c1ccc2ccccc2n1)SS/C(=N/N=C\c1ccc2ccccc2n1)SC. The number of para-hydroxylation sites is 2. The molecule has 4 rings (SSSR count). The Morgan fingerprint density at radius 1 is 0.618 bits per heavy atom. The van der Waals surface area contributed by atoms with Gasteiger partial charge in [0.15, 0.2) is 8.75 Å². The summed E-state index contributed by atoms with van der Waals surface area (Å²) < 4.78 is 1.62. The van der Waals surface area contributed by atoms with Crippen LogP contribution in [0.25, 0.3) is 21.8 Å². The normalized spacial score (nSPS) is 13.0. The Labute approximate surface area is 214 Å². The summed E-state index contributed by atoms with van der Waals surface area (Å²) >= 11 is 3.05. The van der Waals surface area contributed by atoms with Gasteiger partial charge in [0.1, 0.15) is 0 Å². The maximum Gasteiger partial charge on any atom is 0.163 e. The van der Waals surface area contributed by atoms with E-state index in [1.807, 2.05) is 85.3 Å². The zero-order valence-electron chi connectivity index (χ0n) is 18.4. The van der Waals surface area contributed by atoms with Crippen molar-refractivity contribution < 1.29 is 0 Å². The van der Waals surface area contributed by atoms with Gasteiger partial charge in [-0.05, 0) is 58.4 Å². The van der Waals surface area contributed by atoms with Crippen molar-refractivity contribution in [2.45, 2.75) is 0 Å². The van der Waals surface area contributed by atoms with Crippen molar-refractivity contribution in [3.63, 3.8) is 0 Å². The lowest BCUT2D eigenvalue weighted by Gasteiger charge is -2.01. The molecule has 0 aliphatic carbocycles. The Balaban J connectivity index is 1.36. The number of aromatic nitrogens is 2. The minimum absolute atomic E-state index is 0.767. The number of nitrogens with zero attached hydrogens (tertiary/aromatic N) is 6. The second-order valence-electron chi connectivity index (χ2n) is 6.65. The molecule has 10 heteroatoms. The van der Waals surface area contributed by atoms with E-state index < -0.39 is 0 Å². The van der Waals surface area contributed by atoms with E-state index in [1.165, 1.54) is 45.1 Å². The van der Waals surface area contributed by atoms with Gasteiger partial charge in [-0.1, -0.05) is 48.5 Å². The number of rotatable bonds is 4. The van der Waals surface area contributed by atoms with Crippen LogP contribution < -0.4 is 0 Å². The van der Waals surface area contributed by atoms with Crippen LogP contribution in [0.3, 0.4) is 0 Å². The highest BCUT2D eigenvalue weighted by Gasteiger charge is 2.05. The minimum atomic E-state index is 0.767. The molecule has 2 aromatic carbocycles. The summed E-state index contributed by atoms with van der Waals surface area (Å²) in [7, 11) is 2.99. The topological polar surface area (TPSA) is 75.2 Å². The lowest BCUT2D eigenvalue weighted by molar-refractivity contribution is 1.26. The van der Waals surface area contributed by atoms with Crippen molar-refractivity contribution in [2.75, 3.05) is 12.5 Å². The van der Waals surface area contributed by atoms with Crippen molar-refractivity contribution in [3.8, 4) is 0 Å². The third-order valence-corrected chi connectivity index (χ3v) is 9.16. The summed E-state index contributed by atoms with van der Waals surface area (Å²) in [5.74, 6) is 0. The quantitative estimate of drug-likeness (QED) is 0.125. The van der Waals surface area contributed by atoms with Crippen LogP contribution in [0.15, 0.2) is 93.2 Å². The molecule has 0 spiro atoms. The molecule has 0 amide bonds. The molecule has 0 bridgehead atoms. The van der Waals surface area contributed by atoms with Gasteiger partial charge in [0.05, 0.1) is 34.9 Å². The summed E-state index contributed by atoms with van der Waals surface area (Å²) in [6.07, 6.45) is 7.27. The van der Waals surface area contributed by atoms with Gasteiger partial charge in [0.25, 0.3) is 0 Å². The smallest absolute Gasteiger partial charge is 0.163 e. The molecule has 0 saturated carbocycles. The van der Waals surface area contributed by atoms with Gasteiger partial charge < -0.3 is 0 Å². The summed E-state index contributed by atoms with van der Waals surface area (Å²) in [5, 5.41) is 19.3. The standard InChI is InChI=1S/C24H20N6S4/c1-31-23(29-25-15-19-13-11-17-7-3-5-9-21(17)27-19)33-34-24(32-2)30-26-16-20-14-12-18-8-4-6-10-22(18)28-20/h3-16H,1-2H3/b25-15-,26-16+,29-23+,30-24-. The zero-order chi connectivity index (χ0) is 23.6. The first kappa shape index (κ1) is 24.5. The van der Waals surface area contributed by atoms with Gasteiger partial charge in [-0.2, -0.15) is 10.2 Å². The minimum Gasteiger partial charge on any atom is -0.247 e. The number of pyridine rings is 2. The van der Waals surface area contributed by atoms with Crippen LogP contribution in [-0.2, 0) is 0 Å². The molecule has 2 aromatic heterocycles. The first-order chi connectivity index (χ1) is 16.7. The fourth-order valence-electron chi connectivity index (χ4n) is 2.83. The Bertz CT molecular complexity index is 1290. The second kappa shape index (κ2) is 12.7. The molecule has 0 aliphatic rings. The van der Waals surface area contributed by atoms with E-state index >= 15 is 0 Å². The van der Waals surface area contributed by atoms with Crippen LogP contribution in [0.1, 0.15) is 11.4 Å². The third-order valence-electron chi connectivity index (χ3n) is 4.43. The summed E-state index contributed by atoms with van der Waals surface area (Å²) in [6.45, 7) is 0. The molecule has 6 nitrogen and oxygen atoms in total. The average molecular weight is 521 g/mol. The van der Waals surface area contributed by atoms with Gasteiger partial charge in [-0.25, -0.2) is 9.97 Å². The number of hydrogen-bond acceptors (Lipinski definition) is 10. The van der Waals surface area contributed by atoms with E-state index in [9.17, 15) is 0 Å². The van der Waals surface area contributed by atoms with E-state index in [0.29, 0.717) is 0 Å². The molecule has 0 atom stereocenters.